The minimum absolute atomic E-state index is 0.272. The van der Waals surface area contributed by atoms with Gasteiger partial charge in [-0.2, -0.15) is 4.31 Å². The summed E-state index contributed by atoms with van der Waals surface area (Å²) in [6.45, 7) is 7.18. The van der Waals surface area contributed by atoms with E-state index in [1.54, 1.807) is 22.8 Å². The first-order valence-corrected chi connectivity index (χ1v) is 10.3. The Bertz CT molecular complexity index is 829. The second kappa shape index (κ2) is 7.25. The number of hydrogen-bond donors (Lipinski definition) is 0. The van der Waals surface area contributed by atoms with Crippen molar-refractivity contribution in [1.82, 2.24) is 19.1 Å². The molecule has 1 aliphatic heterocycles. The highest BCUT2D eigenvalue weighted by molar-refractivity contribution is 7.89. The molecule has 0 spiro atoms. The summed E-state index contributed by atoms with van der Waals surface area (Å²) in [4.78, 5) is 0.418. The minimum Gasteiger partial charge on any atom is -0.315 e. The van der Waals surface area contributed by atoms with Crippen molar-refractivity contribution >= 4 is 10.0 Å². The second-order valence-corrected chi connectivity index (χ2v) is 9.00. The van der Waals surface area contributed by atoms with Crippen LogP contribution in [0, 0.1) is 12.8 Å². The third kappa shape index (κ3) is 3.77. The van der Waals surface area contributed by atoms with Crippen molar-refractivity contribution in [3.8, 4) is 0 Å². The van der Waals surface area contributed by atoms with Gasteiger partial charge in [0.25, 0.3) is 0 Å². The van der Waals surface area contributed by atoms with Gasteiger partial charge >= 0.3 is 0 Å². The first-order chi connectivity index (χ1) is 11.9. The van der Waals surface area contributed by atoms with Crippen molar-refractivity contribution in [1.29, 1.82) is 0 Å². The van der Waals surface area contributed by atoms with E-state index in [4.69, 9.17) is 0 Å². The SMILES string of the molecule is Cc1ccccc1S(=O)(=O)N1CCCC(Cc2nncn2C(C)C)C1. The van der Waals surface area contributed by atoms with Crippen molar-refractivity contribution in [2.24, 2.45) is 5.92 Å². The Kier molecular flexibility index (Phi) is 5.24. The fourth-order valence-corrected chi connectivity index (χ4v) is 5.28. The first-order valence-electron chi connectivity index (χ1n) is 8.83. The van der Waals surface area contributed by atoms with Crippen LogP contribution in [0.15, 0.2) is 35.5 Å². The van der Waals surface area contributed by atoms with Crippen molar-refractivity contribution in [2.75, 3.05) is 13.1 Å². The summed E-state index contributed by atoms with van der Waals surface area (Å²) < 4.78 is 29.8. The molecule has 1 aromatic carbocycles. The molecule has 1 atom stereocenters. The summed E-state index contributed by atoms with van der Waals surface area (Å²) in [7, 11) is -3.44. The summed E-state index contributed by atoms with van der Waals surface area (Å²) in [5, 5.41) is 8.25. The molecule has 0 N–H and O–H groups in total. The summed E-state index contributed by atoms with van der Waals surface area (Å²) in [5.41, 5.74) is 0.796. The van der Waals surface area contributed by atoms with Crippen LogP contribution in [0.4, 0.5) is 0 Å². The molecule has 25 heavy (non-hydrogen) atoms. The van der Waals surface area contributed by atoms with E-state index in [-0.39, 0.29) is 5.92 Å². The van der Waals surface area contributed by atoms with E-state index in [1.165, 1.54) is 0 Å². The Morgan fingerprint density at radius 3 is 2.76 bits per heavy atom. The van der Waals surface area contributed by atoms with Crippen LogP contribution in [-0.4, -0.2) is 40.6 Å². The molecular formula is C18H26N4O2S. The Balaban J connectivity index is 1.77. The van der Waals surface area contributed by atoms with Crippen LogP contribution in [0.5, 0.6) is 0 Å². The highest BCUT2D eigenvalue weighted by Crippen LogP contribution is 2.27. The fraction of sp³-hybridized carbons (Fsp3) is 0.556. The van der Waals surface area contributed by atoms with Gasteiger partial charge in [-0.1, -0.05) is 18.2 Å². The molecule has 1 fully saturated rings. The molecule has 6 nitrogen and oxygen atoms in total. The summed E-state index contributed by atoms with van der Waals surface area (Å²) in [5.74, 6) is 1.21. The normalized spacial score (nSPS) is 19.4. The lowest BCUT2D eigenvalue weighted by Crippen LogP contribution is -2.40. The van der Waals surface area contributed by atoms with Gasteiger partial charge in [0, 0.05) is 25.6 Å². The average Bonchev–Trinajstić information content (AvgIpc) is 3.04. The molecule has 0 bridgehead atoms. The number of rotatable bonds is 5. The molecular weight excluding hydrogens is 336 g/mol. The third-order valence-corrected chi connectivity index (χ3v) is 6.89. The van der Waals surface area contributed by atoms with E-state index in [9.17, 15) is 8.42 Å². The zero-order valence-electron chi connectivity index (χ0n) is 15.1. The van der Waals surface area contributed by atoms with Gasteiger partial charge in [0.1, 0.15) is 12.2 Å². The Morgan fingerprint density at radius 1 is 1.28 bits per heavy atom. The Morgan fingerprint density at radius 2 is 2.04 bits per heavy atom. The van der Waals surface area contributed by atoms with E-state index in [1.807, 2.05) is 19.1 Å². The molecule has 0 aliphatic carbocycles. The lowest BCUT2D eigenvalue weighted by atomic mass is 9.96. The Hall–Kier alpha value is -1.73. The number of benzene rings is 1. The van der Waals surface area contributed by atoms with Gasteiger partial charge < -0.3 is 4.57 Å². The lowest BCUT2D eigenvalue weighted by Gasteiger charge is -2.32. The van der Waals surface area contributed by atoms with Crippen LogP contribution >= 0.6 is 0 Å². The van der Waals surface area contributed by atoms with Crippen molar-refractivity contribution in [2.45, 2.75) is 51.0 Å². The number of aromatic nitrogens is 3. The van der Waals surface area contributed by atoms with Crippen LogP contribution in [-0.2, 0) is 16.4 Å². The molecule has 0 saturated carbocycles. The van der Waals surface area contributed by atoms with Crippen molar-refractivity contribution in [3.05, 3.63) is 42.0 Å². The molecule has 1 saturated heterocycles. The topological polar surface area (TPSA) is 68.1 Å². The molecule has 1 unspecified atom stereocenters. The van der Waals surface area contributed by atoms with Gasteiger partial charge in [0.05, 0.1) is 4.90 Å². The first kappa shape index (κ1) is 18.1. The summed E-state index contributed by atoms with van der Waals surface area (Å²) in [6, 6.07) is 7.50. The number of aryl methyl sites for hydroxylation is 1. The molecule has 0 amide bonds. The number of piperidine rings is 1. The molecule has 2 aromatic rings. The monoisotopic (exact) mass is 362 g/mol. The maximum atomic E-state index is 13.0. The molecule has 1 aromatic heterocycles. The van der Waals surface area contributed by atoms with E-state index in [0.29, 0.717) is 24.0 Å². The van der Waals surface area contributed by atoms with Crippen molar-refractivity contribution < 1.29 is 8.42 Å². The summed E-state index contributed by atoms with van der Waals surface area (Å²) in [6.07, 6.45) is 4.42. The molecule has 3 rings (SSSR count). The lowest BCUT2D eigenvalue weighted by molar-refractivity contribution is 0.260. The smallest absolute Gasteiger partial charge is 0.243 e. The molecule has 1 aliphatic rings. The standard InChI is InChI=1S/C18H26N4O2S/c1-14(2)22-13-19-20-18(22)11-16-8-6-10-21(12-16)25(23,24)17-9-5-4-7-15(17)3/h4-5,7,9,13-14,16H,6,8,10-12H2,1-3H3. The zero-order valence-corrected chi connectivity index (χ0v) is 15.9. The van der Waals surface area contributed by atoms with Crippen LogP contribution in [0.2, 0.25) is 0 Å². The molecule has 136 valence electrons. The van der Waals surface area contributed by atoms with E-state index >= 15 is 0 Å². The summed E-state index contributed by atoms with van der Waals surface area (Å²) >= 11 is 0. The fourth-order valence-electron chi connectivity index (χ4n) is 3.50. The predicted molar refractivity (Wildman–Crippen MR) is 96.8 cm³/mol. The average molecular weight is 362 g/mol. The van der Waals surface area contributed by atoms with Crippen LogP contribution < -0.4 is 0 Å². The highest BCUT2D eigenvalue weighted by atomic mass is 32.2. The largest absolute Gasteiger partial charge is 0.315 e. The number of hydrogen-bond acceptors (Lipinski definition) is 4. The van der Waals surface area contributed by atoms with Crippen LogP contribution in [0.25, 0.3) is 0 Å². The van der Waals surface area contributed by atoms with E-state index < -0.39 is 10.0 Å². The van der Waals surface area contributed by atoms with Crippen molar-refractivity contribution in [3.63, 3.8) is 0 Å². The number of nitrogens with zero attached hydrogens (tertiary/aromatic N) is 4. The zero-order chi connectivity index (χ0) is 18.0. The van der Waals surface area contributed by atoms with E-state index in [2.05, 4.69) is 28.6 Å². The second-order valence-electron chi connectivity index (χ2n) is 7.09. The number of sulfonamides is 1. The van der Waals surface area contributed by atoms with Gasteiger partial charge in [0.2, 0.25) is 10.0 Å². The van der Waals surface area contributed by atoms with Gasteiger partial charge in [-0.15, -0.1) is 10.2 Å². The predicted octanol–water partition coefficient (Wildman–Crippen LogP) is 2.81. The maximum absolute atomic E-state index is 13.0. The molecule has 0 radical (unpaired) electrons. The Labute approximate surface area is 149 Å². The van der Waals surface area contributed by atoms with Gasteiger partial charge in [0.15, 0.2) is 0 Å². The van der Waals surface area contributed by atoms with Gasteiger partial charge in [-0.05, 0) is 51.2 Å². The van der Waals surface area contributed by atoms with Crippen LogP contribution in [0.3, 0.4) is 0 Å². The molecule has 7 heteroatoms. The van der Waals surface area contributed by atoms with E-state index in [0.717, 1.165) is 30.7 Å². The van der Waals surface area contributed by atoms with Gasteiger partial charge in [-0.3, -0.25) is 0 Å². The van der Waals surface area contributed by atoms with Crippen LogP contribution in [0.1, 0.15) is 44.1 Å². The third-order valence-electron chi connectivity index (χ3n) is 4.87. The highest BCUT2D eigenvalue weighted by Gasteiger charge is 2.31. The maximum Gasteiger partial charge on any atom is 0.243 e. The molecule has 2 heterocycles. The van der Waals surface area contributed by atoms with Gasteiger partial charge in [-0.25, -0.2) is 8.42 Å². The quantitative estimate of drug-likeness (QED) is 0.820. The minimum atomic E-state index is -3.44.